The fourth-order valence-corrected chi connectivity index (χ4v) is 3.34. The van der Waals surface area contributed by atoms with E-state index in [0.29, 0.717) is 10.8 Å². The number of thiocarbonyl (C=S) groups is 1. The van der Waals surface area contributed by atoms with Gasteiger partial charge in [-0.2, -0.15) is 5.10 Å². The summed E-state index contributed by atoms with van der Waals surface area (Å²) in [5.74, 6) is 0.766. The lowest BCUT2D eigenvalue weighted by Crippen LogP contribution is -2.29. The third-order valence-corrected chi connectivity index (χ3v) is 5.15. The summed E-state index contributed by atoms with van der Waals surface area (Å²) in [5.41, 5.74) is 5.97. The molecular formula is C19H25N5OS. The molecule has 0 atom stereocenters. The van der Waals surface area contributed by atoms with E-state index >= 15 is 0 Å². The number of hydrazone groups is 1. The van der Waals surface area contributed by atoms with Crippen LogP contribution < -0.4 is 16.3 Å². The summed E-state index contributed by atoms with van der Waals surface area (Å²) in [6.45, 7) is 4.16. The Balaban J connectivity index is 1.75. The van der Waals surface area contributed by atoms with Crippen molar-refractivity contribution in [1.82, 2.24) is 14.8 Å². The number of benzene rings is 1. The van der Waals surface area contributed by atoms with E-state index in [1.807, 2.05) is 49.0 Å². The van der Waals surface area contributed by atoms with Crippen molar-refractivity contribution in [2.75, 3.05) is 5.32 Å². The molecule has 2 N–H and O–H groups in total. The van der Waals surface area contributed by atoms with Crippen molar-refractivity contribution in [2.45, 2.75) is 39.5 Å². The van der Waals surface area contributed by atoms with Crippen LogP contribution >= 0.6 is 12.2 Å². The Morgan fingerprint density at radius 3 is 2.54 bits per heavy atom. The van der Waals surface area contributed by atoms with Crippen LogP contribution in [0.4, 0.5) is 5.69 Å². The van der Waals surface area contributed by atoms with Crippen molar-refractivity contribution in [3.05, 3.63) is 46.4 Å². The summed E-state index contributed by atoms with van der Waals surface area (Å²) < 4.78 is 3.44. The number of para-hydroxylation sites is 1. The molecular weight excluding hydrogens is 346 g/mol. The van der Waals surface area contributed by atoms with Crippen LogP contribution in [0.1, 0.15) is 38.3 Å². The van der Waals surface area contributed by atoms with Crippen LogP contribution in [0.3, 0.4) is 0 Å². The van der Waals surface area contributed by atoms with Gasteiger partial charge in [0.25, 0.3) is 5.56 Å². The molecule has 3 rings (SSSR count). The normalized spacial score (nSPS) is 17.0. The fourth-order valence-electron chi connectivity index (χ4n) is 3.19. The van der Waals surface area contributed by atoms with Gasteiger partial charge in [-0.25, -0.2) is 4.68 Å². The van der Waals surface area contributed by atoms with Gasteiger partial charge in [-0.1, -0.05) is 25.1 Å². The second-order valence-electron chi connectivity index (χ2n) is 6.86. The maximum Gasteiger partial charge on any atom is 0.295 e. The fraction of sp³-hybridized carbons (Fsp3) is 0.421. The Bertz CT molecular complexity index is 871. The van der Waals surface area contributed by atoms with Gasteiger partial charge < -0.3 is 5.32 Å². The first-order chi connectivity index (χ1) is 12.5. The van der Waals surface area contributed by atoms with E-state index in [0.717, 1.165) is 35.9 Å². The minimum absolute atomic E-state index is 0.139. The highest BCUT2D eigenvalue weighted by molar-refractivity contribution is 7.80. The molecule has 0 aliphatic heterocycles. The zero-order valence-corrected chi connectivity index (χ0v) is 16.3. The molecule has 0 radical (unpaired) electrons. The van der Waals surface area contributed by atoms with Crippen LogP contribution in [0.15, 0.2) is 40.2 Å². The third-order valence-electron chi connectivity index (χ3n) is 4.96. The van der Waals surface area contributed by atoms with Gasteiger partial charge >= 0.3 is 0 Å². The second-order valence-corrected chi connectivity index (χ2v) is 7.27. The van der Waals surface area contributed by atoms with E-state index in [4.69, 9.17) is 12.2 Å². The number of hydrogen-bond donors (Lipinski definition) is 2. The Kier molecular flexibility index (Phi) is 5.56. The first-order valence-corrected chi connectivity index (χ1v) is 9.34. The molecule has 138 valence electrons. The Morgan fingerprint density at radius 2 is 1.88 bits per heavy atom. The average molecular weight is 372 g/mol. The number of hydrogen-bond acceptors (Lipinski definition) is 3. The molecule has 1 aliphatic rings. The molecule has 1 saturated carbocycles. The summed E-state index contributed by atoms with van der Waals surface area (Å²) in [7, 11) is 1.86. The number of rotatable bonds is 3. The van der Waals surface area contributed by atoms with Crippen molar-refractivity contribution in [1.29, 1.82) is 0 Å². The van der Waals surface area contributed by atoms with Gasteiger partial charge in [0, 0.05) is 12.8 Å². The molecule has 0 spiro atoms. The van der Waals surface area contributed by atoms with E-state index in [-0.39, 0.29) is 5.56 Å². The number of nitrogens with zero attached hydrogens (tertiary/aromatic N) is 3. The van der Waals surface area contributed by atoms with Gasteiger partial charge in [-0.05, 0) is 62.9 Å². The Hall–Kier alpha value is -2.41. The largest absolute Gasteiger partial charge is 0.325 e. The van der Waals surface area contributed by atoms with Crippen LogP contribution in [-0.4, -0.2) is 20.2 Å². The predicted octanol–water partition coefficient (Wildman–Crippen LogP) is 3.34. The predicted molar refractivity (Wildman–Crippen MR) is 110 cm³/mol. The van der Waals surface area contributed by atoms with E-state index < -0.39 is 0 Å². The summed E-state index contributed by atoms with van der Waals surface area (Å²) in [5, 5.41) is 7.76. The molecule has 1 aromatic heterocycles. The number of nitrogens with one attached hydrogen (secondary N) is 2. The highest BCUT2D eigenvalue weighted by Gasteiger charge is 2.17. The summed E-state index contributed by atoms with van der Waals surface area (Å²) in [4.78, 5) is 12.8. The first kappa shape index (κ1) is 18.4. The molecule has 1 aromatic carbocycles. The Morgan fingerprint density at radius 1 is 1.23 bits per heavy atom. The zero-order valence-electron chi connectivity index (χ0n) is 15.5. The van der Waals surface area contributed by atoms with Crippen molar-refractivity contribution in [3.63, 3.8) is 0 Å². The zero-order chi connectivity index (χ0) is 18.7. The molecule has 0 saturated heterocycles. The maximum atomic E-state index is 12.8. The first-order valence-electron chi connectivity index (χ1n) is 8.94. The van der Waals surface area contributed by atoms with Crippen molar-refractivity contribution >= 4 is 28.7 Å². The molecule has 0 amide bonds. The summed E-state index contributed by atoms with van der Waals surface area (Å²) in [6.07, 6.45) is 4.34. The second kappa shape index (κ2) is 7.86. The molecule has 26 heavy (non-hydrogen) atoms. The van der Waals surface area contributed by atoms with Crippen LogP contribution in [0.5, 0.6) is 0 Å². The van der Waals surface area contributed by atoms with Gasteiger partial charge in [0.15, 0.2) is 5.11 Å². The average Bonchev–Trinajstić information content (AvgIpc) is 2.85. The summed E-state index contributed by atoms with van der Waals surface area (Å²) in [6, 6.07) is 9.54. The lowest BCUT2D eigenvalue weighted by Gasteiger charge is -2.19. The minimum atomic E-state index is -0.139. The highest BCUT2D eigenvalue weighted by Crippen LogP contribution is 2.21. The minimum Gasteiger partial charge on any atom is -0.325 e. The smallest absolute Gasteiger partial charge is 0.295 e. The van der Waals surface area contributed by atoms with E-state index in [2.05, 4.69) is 22.8 Å². The lowest BCUT2D eigenvalue weighted by molar-refractivity contribution is 0.482. The molecule has 0 bridgehead atoms. The molecule has 1 heterocycles. The molecule has 6 nitrogen and oxygen atoms in total. The van der Waals surface area contributed by atoms with Gasteiger partial charge in [-0.3, -0.25) is 14.9 Å². The molecule has 1 fully saturated rings. The standard InChI is InChI=1S/C19H25N5OS/c1-13-9-11-15(12-10-13)21-22-19(26)20-17-14(2)23(3)24(18(17)25)16-7-5-4-6-8-16/h4-8,13H,9-12H2,1-3H3,(H2,20,22,26). The van der Waals surface area contributed by atoms with Crippen molar-refractivity contribution in [3.8, 4) is 5.69 Å². The third kappa shape index (κ3) is 3.88. The van der Waals surface area contributed by atoms with E-state index in [1.165, 1.54) is 12.8 Å². The topological polar surface area (TPSA) is 63.4 Å². The molecule has 7 heteroatoms. The van der Waals surface area contributed by atoms with Crippen LogP contribution in [0.25, 0.3) is 5.69 Å². The summed E-state index contributed by atoms with van der Waals surface area (Å²) >= 11 is 5.33. The number of aromatic nitrogens is 2. The maximum absolute atomic E-state index is 12.8. The van der Waals surface area contributed by atoms with Gasteiger partial charge in [0.05, 0.1) is 11.4 Å². The van der Waals surface area contributed by atoms with E-state index in [9.17, 15) is 4.79 Å². The van der Waals surface area contributed by atoms with Gasteiger partial charge in [0.1, 0.15) is 5.69 Å². The van der Waals surface area contributed by atoms with Crippen molar-refractivity contribution < 1.29 is 0 Å². The SMILES string of the molecule is Cc1c(NC(=S)NN=C2CCC(C)CC2)c(=O)n(-c2ccccc2)n1C. The van der Waals surface area contributed by atoms with Crippen LogP contribution in [0.2, 0.25) is 0 Å². The van der Waals surface area contributed by atoms with Crippen LogP contribution in [0, 0.1) is 12.8 Å². The highest BCUT2D eigenvalue weighted by atomic mass is 32.1. The Labute approximate surface area is 158 Å². The molecule has 2 aromatic rings. The quantitative estimate of drug-likeness (QED) is 0.642. The van der Waals surface area contributed by atoms with Gasteiger partial charge in [-0.15, -0.1) is 0 Å². The van der Waals surface area contributed by atoms with Gasteiger partial charge in [0.2, 0.25) is 0 Å². The van der Waals surface area contributed by atoms with Crippen molar-refractivity contribution in [2.24, 2.45) is 18.1 Å². The molecule has 1 aliphatic carbocycles. The van der Waals surface area contributed by atoms with Crippen LogP contribution in [-0.2, 0) is 7.05 Å². The van der Waals surface area contributed by atoms with E-state index in [1.54, 1.807) is 4.68 Å². The lowest BCUT2D eigenvalue weighted by atomic mass is 9.90. The monoisotopic (exact) mass is 371 g/mol. The number of anilines is 1. The molecule has 0 unspecified atom stereocenters.